The van der Waals surface area contributed by atoms with Crippen molar-refractivity contribution < 1.29 is 9.47 Å². The first-order valence-electron chi connectivity index (χ1n) is 5.52. The van der Waals surface area contributed by atoms with E-state index in [9.17, 15) is 0 Å². The molecule has 0 radical (unpaired) electrons. The maximum atomic E-state index is 5.98. The molecule has 3 nitrogen and oxygen atoms in total. The molecule has 0 N–H and O–H groups in total. The number of nitrogens with zero attached hydrogens (tertiary/aromatic N) is 1. The molecule has 0 aliphatic heterocycles. The number of hydrogen-bond acceptors (Lipinski definition) is 3. The van der Waals surface area contributed by atoms with Gasteiger partial charge in [0.15, 0.2) is 5.15 Å². The van der Waals surface area contributed by atoms with Crippen LogP contribution >= 0.6 is 34.8 Å². The summed E-state index contributed by atoms with van der Waals surface area (Å²) in [6, 6.07) is 8.59. The topological polar surface area (TPSA) is 31.4 Å². The summed E-state index contributed by atoms with van der Waals surface area (Å²) in [6.07, 6.45) is 0. The summed E-state index contributed by atoms with van der Waals surface area (Å²) in [6.45, 7) is 2.53. The molecular formula is C13H10Cl3NO2. The molecule has 0 atom stereocenters. The molecule has 0 saturated heterocycles. The predicted molar refractivity (Wildman–Crippen MR) is 77.0 cm³/mol. The highest BCUT2D eigenvalue weighted by atomic mass is 35.5. The highest BCUT2D eigenvalue weighted by molar-refractivity contribution is 6.42. The van der Waals surface area contributed by atoms with Crippen LogP contribution in [0.3, 0.4) is 0 Å². The molecule has 0 spiro atoms. The van der Waals surface area contributed by atoms with Crippen LogP contribution in [0.4, 0.5) is 0 Å². The molecule has 6 heteroatoms. The normalized spacial score (nSPS) is 10.3. The second-order valence-corrected chi connectivity index (χ2v) is 4.73. The van der Waals surface area contributed by atoms with Gasteiger partial charge in [0.25, 0.3) is 0 Å². The Kier molecular flexibility index (Phi) is 4.75. The lowest BCUT2D eigenvalue weighted by atomic mass is 10.3. The van der Waals surface area contributed by atoms with Crippen molar-refractivity contribution in [2.75, 3.05) is 6.61 Å². The lowest BCUT2D eigenvalue weighted by Crippen LogP contribution is -1.92. The standard InChI is InChI=1S/C13H10Cl3NO2/c1-2-18-8-3-5-9(6-4-8)19-13-11(15)7-10(14)12(16)17-13/h3-7H,2H2,1H3. The zero-order valence-corrected chi connectivity index (χ0v) is 12.3. The van der Waals surface area contributed by atoms with E-state index in [-0.39, 0.29) is 16.1 Å². The number of halogens is 3. The van der Waals surface area contributed by atoms with Crippen molar-refractivity contribution in [3.05, 3.63) is 45.5 Å². The van der Waals surface area contributed by atoms with Crippen molar-refractivity contribution in [3.63, 3.8) is 0 Å². The van der Waals surface area contributed by atoms with Gasteiger partial charge in [-0.25, -0.2) is 0 Å². The molecule has 0 unspecified atom stereocenters. The largest absolute Gasteiger partial charge is 0.494 e. The summed E-state index contributed by atoms with van der Waals surface area (Å²) in [7, 11) is 0. The SMILES string of the molecule is CCOc1ccc(Oc2nc(Cl)c(Cl)cc2Cl)cc1. The molecule has 100 valence electrons. The van der Waals surface area contributed by atoms with E-state index in [0.29, 0.717) is 17.4 Å². The zero-order valence-electron chi connectivity index (χ0n) is 9.99. The second-order valence-electron chi connectivity index (χ2n) is 3.55. The summed E-state index contributed by atoms with van der Waals surface area (Å²) in [5, 5.41) is 0.723. The predicted octanol–water partition coefficient (Wildman–Crippen LogP) is 5.23. The van der Waals surface area contributed by atoms with Gasteiger partial charge in [0.2, 0.25) is 5.88 Å². The van der Waals surface area contributed by atoms with Crippen molar-refractivity contribution in [1.82, 2.24) is 4.98 Å². The van der Waals surface area contributed by atoms with Gasteiger partial charge in [0, 0.05) is 0 Å². The van der Waals surface area contributed by atoms with Gasteiger partial charge in [-0.1, -0.05) is 34.8 Å². The molecule has 0 aliphatic carbocycles. The maximum absolute atomic E-state index is 5.98. The van der Waals surface area contributed by atoms with Crippen LogP contribution in [0.25, 0.3) is 0 Å². The van der Waals surface area contributed by atoms with Gasteiger partial charge in [-0.05, 0) is 37.3 Å². The molecule has 0 aliphatic rings. The average Bonchev–Trinajstić information content (AvgIpc) is 2.38. The molecule has 2 rings (SSSR count). The summed E-state index contributed by atoms with van der Waals surface area (Å²) in [5.41, 5.74) is 0. The summed E-state index contributed by atoms with van der Waals surface area (Å²) >= 11 is 17.6. The molecule has 1 heterocycles. The highest BCUT2D eigenvalue weighted by Gasteiger charge is 2.10. The van der Waals surface area contributed by atoms with Crippen LogP contribution in [0, 0.1) is 0 Å². The van der Waals surface area contributed by atoms with Crippen molar-refractivity contribution in [2.24, 2.45) is 0 Å². The first kappa shape index (κ1) is 14.3. The van der Waals surface area contributed by atoms with Gasteiger partial charge in [0.05, 0.1) is 11.6 Å². The minimum absolute atomic E-state index is 0.145. The first-order chi connectivity index (χ1) is 9.10. The fourth-order valence-corrected chi connectivity index (χ4v) is 1.91. The number of benzene rings is 1. The van der Waals surface area contributed by atoms with Gasteiger partial charge < -0.3 is 9.47 Å². The summed E-state index contributed by atoms with van der Waals surface area (Å²) in [4.78, 5) is 3.97. The molecule has 1 aromatic carbocycles. The second kappa shape index (κ2) is 6.33. The van der Waals surface area contributed by atoms with Gasteiger partial charge in [-0.3, -0.25) is 0 Å². The van der Waals surface area contributed by atoms with Crippen molar-refractivity contribution in [3.8, 4) is 17.4 Å². The van der Waals surface area contributed by atoms with E-state index in [1.807, 2.05) is 6.92 Å². The Labute approximate surface area is 126 Å². The van der Waals surface area contributed by atoms with Crippen LogP contribution in [0.1, 0.15) is 6.92 Å². The lowest BCUT2D eigenvalue weighted by molar-refractivity contribution is 0.339. The first-order valence-corrected chi connectivity index (χ1v) is 6.65. The van der Waals surface area contributed by atoms with E-state index in [1.165, 1.54) is 6.07 Å². The number of pyridine rings is 1. The fourth-order valence-electron chi connectivity index (χ4n) is 1.38. The molecule has 0 bridgehead atoms. The van der Waals surface area contributed by atoms with Gasteiger partial charge in [0.1, 0.15) is 16.5 Å². The average molecular weight is 319 g/mol. The minimum Gasteiger partial charge on any atom is -0.494 e. The minimum atomic E-state index is 0.145. The van der Waals surface area contributed by atoms with E-state index >= 15 is 0 Å². The third kappa shape index (κ3) is 3.66. The van der Waals surface area contributed by atoms with Crippen LogP contribution in [0.15, 0.2) is 30.3 Å². The monoisotopic (exact) mass is 317 g/mol. The molecular weight excluding hydrogens is 309 g/mol. The third-order valence-corrected chi connectivity index (χ3v) is 3.15. The Bertz CT molecular complexity index is 573. The number of hydrogen-bond donors (Lipinski definition) is 0. The van der Waals surface area contributed by atoms with Crippen molar-refractivity contribution >= 4 is 34.8 Å². The molecule has 0 fully saturated rings. The van der Waals surface area contributed by atoms with Gasteiger partial charge in [-0.2, -0.15) is 4.98 Å². The summed E-state index contributed by atoms with van der Waals surface area (Å²) in [5.74, 6) is 1.56. The van der Waals surface area contributed by atoms with Crippen LogP contribution in [-0.4, -0.2) is 11.6 Å². The Hall–Kier alpha value is -1.16. The number of aromatic nitrogens is 1. The van der Waals surface area contributed by atoms with Crippen molar-refractivity contribution in [1.29, 1.82) is 0 Å². The van der Waals surface area contributed by atoms with Gasteiger partial charge >= 0.3 is 0 Å². The Morgan fingerprint density at radius 2 is 1.63 bits per heavy atom. The Morgan fingerprint density at radius 3 is 2.26 bits per heavy atom. The van der Waals surface area contributed by atoms with E-state index in [2.05, 4.69) is 4.98 Å². The van der Waals surface area contributed by atoms with E-state index in [1.54, 1.807) is 24.3 Å². The van der Waals surface area contributed by atoms with Gasteiger partial charge in [-0.15, -0.1) is 0 Å². The third-order valence-electron chi connectivity index (χ3n) is 2.20. The molecule has 1 aromatic heterocycles. The smallest absolute Gasteiger partial charge is 0.239 e. The van der Waals surface area contributed by atoms with Crippen LogP contribution in [0.5, 0.6) is 17.4 Å². The lowest BCUT2D eigenvalue weighted by Gasteiger charge is -2.08. The quantitative estimate of drug-likeness (QED) is 0.723. The molecule has 2 aromatic rings. The van der Waals surface area contributed by atoms with E-state index in [4.69, 9.17) is 44.3 Å². The number of rotatable bonds is 4. The molecule has 0 amide bonds. The number of ether oxygens (including phenoxy) is 2. The zero-order chi connectivity index (χ0) is 13.8. The van der Waals surface area contributed by atoms with Crippen LogP contribution < -0.4 is 9.47 Å². The fraction of sp³-hybridized carbons (Fsp3) is 0.154. The molecule has 19 heavy (non-hydrogen) atoms. The Balaban J connectivity index is 2.19. The summed E-state index contributed by atoms with van der Waals surface area (Å²) < 4.78 is 10.9. The maximum Gasteiger partial charge on any atom is 0.239 e. The van der Waals surface area contributed by atoms with Crippen LogP contribution in [-0.2, 0) is 0 Å². The molecule has 0 saturated carbocycles. The highest BCUT2D eigenvalue weighted by Crippen LogP contribution is 2.33. The van der Waals surface area contributed by atoms with E-state index in [0.717, 1.165) is 5.75 Å². The van der Waals surface area contributed by atoms with Crippen LogP contribution in [0.2, 0.25) is 15.2 Å². The van der Waals surface area contributed by atoms with Crippen molar-refractivity contribution in [2.45, 2.75) is 6.92 Å². The Morgan fingerprint density at radius 1 is 1.00 bits per heavy atom. The van der Waals surface area contributed by atoms with E-state index < -0.39 is 0 Å².